The Hall–Kier alpha value is -1.03. The Balaban J connectivity index is 4.00. The van der Waals surface area contributed by atoms with Crippen LogP contribution in [-0.2, 0) is 4.79 Å². The largest absolute Gasteiger partial charge is 0.478 e. The van der Waals surface area contributed by atoms with Crippen LogP contribution in [0, 0.1) is 0 Å². The Morgan fingerprint density at radius 1 is 1.78 bits per heavy atom. The molecule has 0 bridgehead atoms. The van der Waals surface area contributed by atoms with Crippen LogP contribution in [0.5, 0.6) is 0 Å². The van der Waals surface area contributed by atoms with Crippen LogP contribution in [0.15, 0.2) is 11.8 Å². The highest BCUT2D eigenvalue weighted by atomic mass is 16.4. The lowest BCUT2D eigenvalue weighted by atomic mass is 10.4. The van der Waals surface area contributed by atoms with Crippen molar-refractivity contribution in [1.29, 1.82) is 0 Å². The fraction of sp³-hybridized carbons (Fsp3) is 0.400. The number of nitrogens with zero attached hydrogens (tertiary/aromatic N) is 1. The molecule has 0 radical (unpaired) electrons. The first-order chi connectivity index (χ1) is 4.04. The standard InChI is InChI=1S/C5H10N2O2/c1-4(7(2)6)3-5(8)9/h3H,6H2,1-2H3,(H,8,9)/b4-3-. The van der Waals surface area contributed by atoms with E-state index in [1.165, 1.54) is 5.01 Å². The number of hydrazine groups is 1. The van der Waals surface area contributed by atoms with Crippen molar-refractivity contribution in [3.05, 3.63) is 11.8 Å². The van der Waals surface area contributed by atoms with Crippen LogP contribution in [-0.4, -0.2) is 23.1 Å². The molecule has 0 aliphatic carbocycles. The predicted molar refractivity (Wildman–Crippen MR) is 33.3 cm³/mol. The van der Waals surface area contributed by atoms with E-state index in [-0.39, 0.29) is 0 Å². The Kier molecular flexibility index (Phi) is 2.73. The predicted octanol–water partition coefficient (Wildman–Crippen LogP) is -0.220. The van der Waals surface area contributed by atoms with Crippen LogP contribution in [0.25, 0.3) is 0 Å². The molecule has 0 aliphatic heterocycles. The minimum absolute atomic E-state index is 0.516. The topological polar surface area (TPSA) is 66.6 Å². The maximum Gasteiger partial charge on any atom is 0.330 e. The lowest BCUT2D eigenvalue weighted by Gasteiger charge is -2.09. The number of hydrogen-bond acceptors (Lipinski definition) is 3. The van der Waals surface area contributed by atoms with Crippen molar-refractivity contribution in [3.8, 4) is 0 Å². The van der Waals surface area contributed by atoms with Crippen LogP contribution in [0.4, 0.5) is 0 Å². The molecule has 0 saturated heterocycles. The Morgan fingerprint density at radius 3 is 2.33 bits per heavy atom. The van der Waals surface area contributed by atoms with Gasteiger partial charge in [-0.05, 0) is 6.92 Å². The van der Waals surface area contributed by atoms with Crippen LogP contribution in [0.1, 0.15) is 6.92 Å². The summed E-state index contributed by atoms with van der Waals surface area (Å²) in [5.74, 6) is 4.20. The molecule has 4 heteroatoms. The van der Waals surface area contributed by atoms with Gasteiger partial charge in [-0.3, -0.25) is 0 Å². The second-order valence-electron chi connectivity index (χ2n) is 1.73. The molecule has 4 nitrogen and oxygen atoms in total. The molecule has 0 unspecified atom stereocenters. The molecule has 9 heavy (non-hydrogen) atoms. The molecule has 3 N–H and O–H groups in total. The molecular weight excluding hydrogens is 120 g/mol. The normalized spacial score (nSPS) is 11.2. The molecule has 0 aromatic rings. The average molecular weight is 130 g/mol. The van der Waals surface area contributed by atoms with Gasteiger partial charge in [-0.1, -0.05) is 0 Å². The van der Waals surface area contributed by atoms with E-state index < -0.39 is 5.97 Å². The molecule has 0 saturated carbocycles. The third-order valence-electron chi connectivity index (χ3n) is 0.889. The molecule has 0 atom stereocenters. The summed E-state index contributed by atoms with van der Waals surface area (Å²) in [6.45, 7) is 1.62. The van der Waals surface area contributed by atoms with E-state index in [1.807, 2.05) is 0 Å². The Bertz CT molecular complexity index is 140. The number of allylic oxidation sites excluding steroid dienone is 1. The first kappa shape index (κ1) is 7.97. The van der Waals surface area contributed by atoms with Crippen molar-refractivity contribution in [1.82, 2.24) is 5.01 Å². The van der Waals surface area contributed by atoms with Gasteiger partial charge >= 0.3 is 5.97 Å². The molecule has 0 amide bonds. The van der Waals surface area contributed by atoms with Crippen LogP contribution < -0.4 is 5.84 Å². The molecule has 0 heterocycles. The average Bonchev–Trinajstić information content (AvgIpc) is 1.63. The molecule has 0 spiro atoms. The quantitative estimate of drug-likeness (QED) is 0.308. The zero-order chi connectivity index (χ0) is 7.44. The zero-order valence-corrected chi connectivity index (χ0v) is 5.46. The molecule has 52 valence electrons. The third kappa shape index (κ3) is 3.54. The number of aliphatic carboxylic acids is 1. The van der Waals surface area contributed by atoms with Crippen molar-refractivity contribution in [2.75, 3.05) is 7.05 Å². The molecule has 0 rings (SSSR count). The first-order valence-electron chi connectivity index (χ1n) is 2.43. The van der Waals surface area contributed by atoms with E-state index >= 15 is 0 Å². The van der Waals surface area contributed by atoms with E-state index in [1.54, 1.807) is 14.0 Å². The number of nitrogens with two attached hydrogens (primary N) is 1. The van der Waals surface area contributed by atoms with E-state index in [9.17, 15) is 4.79 Å². The van der Waals surface area contributed by atoms with Crippen LogP contribution in [0.2, 0.25) is 0 Å². The van der Waals surface area contributed by atoms with Crippen LogP contribution in [0.3, 0.4) is 0 Å². The van der Waals surface area contributed by atoms with Gasteiger partial charge in [0.15, 0.2) is 0 Å². The second-order valence-corrected chi connectivity index (χ2v) is 1.73. The summed E-state index contributed by atoms with van der Waals surface area (Å²) < 4.78 is 0. The van der Waals surface area contributed by atoms with E-state index in [0.29, 0.717) is 5.70 Å². The summed E-state index contributed by atoms with van der Waals surface area (Å²) >= 11 is 0. The number of hydrogen-bond donors (Lipinski definition) is 2. The highest BCUT2D eigenvalue weighted by Crippen LogP contribution is 1.91. The van der Waals surface area contributed by atoms with Gasteiger partial charge in [0, 0.05) is 18.8 Å². The minimum atomic E-state index is -0.982. The number of carboxylic acids is 1. The molecular formula is C5H10N2O2. The van der Waals surface area contributed by atoms with Gasteiger partial charge in [0.2, 0.25) is 0 Å². The van der Waals surface area contributed by atoms with Crippen molar-refractivity contribution in [2.24, 2.45) is 5.84 Å². The van der Waals surface area contributed by atoms with E-state index in [4.69, 9.17) is 10.9 Å². The van der Waals surface area contributed by atoms with Crippen molar-refractivity contribution >= 4 is 5.97 Å². The highest BCUT2D eigenvalue weighted by molar-refractivity contribution is 5.80. The third-order valence-corrected chi connectivity index (χ3v) is 0.889. The second kappa shape index (κ2) is 3.09. The van der Waals surface area contributed by atoms with Gasteiger partial charge < -0.3 is 10.1 Å². The highest BCUT2D eigenvalue weighted by Gasteiger charge is 1.93. The van der Waals surface area contributed by atoms with E-state index in [2.05, 4.69) is 0 Å². The summed E-state index contributed by atoms with van der Waals surface area (Å²) in [4.78, 5) is 9.96. The van der Waals surface area contributed by atoms with Crippen LogP contribution >= 0.6 is 0 Å². The molecule has 0 aromatic heterocycles. The first-order valence-corrected chi connectivity index (χ1v) is 2.43. The Morgan fingerprint density at radius 2 is 2.22 bits per heavy atom. The lowest BCUT2D eigenvalue weighted by molar-refractivity contribution is -0.131. The van der Waals surface area contributed by atoms with E-state index in [0.717, 1.165) is 6.08 Å². The summed E-state index contributed by atoms with van der Waals surface area (Å²) in [7, 11) is 1.58. The van der Waals surface area contributed by atoms with Crippen molar-refractivity contribution in [2.45, 2.75) is 6.92 Å². The number of carbonyl (C=O) groups is 1. The van der Waals surface area contributed by atoms with Gasteiger partial charge in [0.1, 0.15) is 0 Å². The SMILES string of the molecule is C/C(=C/C(=O)O)N(C)N. The van der Waals surface area contributed by atoms with Crippen molar-refractivity contribution < 1.29 is 9.90 Å². The Labute approximate surface area is 53.5 Å². The number of rotatable bonds is 2. The maximum absolute atomic E-state index is 9.96. The fourth-order valence-electron chi connectivity index (χ4n) is 0.281. The van der Waals surface area contributed by atoms with Gasteiger partial charge in [-0.2, -0.15) is 0 Å². The van der Waals surface area contributed by atoms with Gasteiger partial charge in [-0.25, -0.2) is 10.6 Å². The minimum Gasteiger partial charge on any atom is -0.478 e. The molecule has 0 fully saturated rings. The summed E-state index contributed by atoms with van der Waals surface area (Å²) in [6, 6.07) is 0. The lowest BCUT2D eigenvalue weighted by Crippen LogP contribution is -2.24. The van der Waals surface area contributed by atoms with Gasteiger partial charge in [0.05, 0.1) is 0 Å². The van der Waals surface area contributed by atoms with Gasteiger partial charge in [0.25, 0.3) is 0 Å². The van der Waals surface area contributed by atoms with Crippen molar-refractivity contribution in [3.63, 3.8) is 0 Å². The summed E-state index contributed by atoms with van der Waals surface area (Å²) in [6.07, 6.45) is 1.04. The number of carboxylic acid groups (broad SMARTS) is 1. The maximum atomic E-state index is 9.96. The monoisotopic (exact) mass is 130 g/mol. The summed E-state index contributed by atoms with van der Waals surface area (Å²) in [5, 5.41) is 9.42. The zero-order valence-electron chi connectivity index (χ0n) is 5.46. The summed E-state index contributed by atoms with van der Waals surface area (Å²) in [5.41, 5.74) is 0.516. The van der Waals surface area contributed by atoms with Gasteiger partial charge in [-0.15, -0.1) is 0 Å². The molecule has 0 aliphatic rings. The smallest absolute Gasteiger partial charge is 0.330 e. The fourth-order valence-corrected chi connectivity index (χ4v) is 0.281. The molecule has 0 aromatic carbocycles.